The molecule has 0 N–H and O–H groups in total. The van der Waals surface area contributed by atoms with E-state index in [2.05, 4.69) is 32.1 Å². The van der Waals surface area contributed by atoms with Crippen LogP contribution in [0.1, 0.15) is 25.3 Å². The number of nitrogens with zero attached hydrogens (tertiary/aromatic N) is 2. The Morgan fingerprint density at radius 1 is 1.58 bits per heavy atom. The van der Waals surface area contributed by atoms with Gasteiger partial charge in [0.15, 0.2) is 0 Å². The van der Waals surface area contributed by atoms with Crippen LogP contribution in [0.5, 0.6) is 0 Å². The molecule has 0 atom stereocenters. The number of aromatic nitrogens is 1. The maximum Gasteiger partial charge on any atom is 0.136 e. The Labute approximate surface area is 73.2 Å². The summed E-state index contributed by atoms with van der Waals surface area (Å²) >= 11 is 0. The van der Waals surface area contributed by atoms with Crippen LogP contribution in [-0.2, 0) is 0 Å². The second-order valence-corrected chi connectivity index (χ2v) is 3.03. The minimum absolute atomic E-state index is 0.520. The number of aliphatic imine (C=N–C) groups is 1. The fraction of sp³-hybridized carbons (Fsp3) is 0.300. The van der Waals surface area contributed by atoms with Gasteiger partial charge < -0.3 is 4.57 Å². The molecule has 1 aromatic heterocycles. The fourth-order valence-electron chi connectivity index (χ4n) is 1.08. The predicted molar refractivity (Wildman–Crippen MR) is 54.1 cm³/mol. The monoisotopic (exact) mass is 162 g/mol. The van der Waals surface area contributed by atoms with Crippen LogP contribution >= 0.6 is 0 Å². The fourth-order valence-corrected chi connectivity index (χ4v) is 1.08. The zero-order chi connectivity index (χ0) is 9.14. The highest BCUT2D eigenvalue weighted by atomic mass is 15.0. The summed E-state index contributed by atoms with van der Waals surface area (Å²) in [6, 6.07) is 2.03. The van der Waals surface area contributed by atoms with Crippen molar-refractivity contribution in [2.45, 2.75) is 19.8 Å². The maximum absolute atomic E-state index is 3.89. The lowest BCUT2D eigenvalue weighted by atomic mass is 10.1. The Kier molecular flexibility index (Phi) is 2.48. The maximum atomic E-state index is 3.89. The highest BCUT2D eigenvalue weighted by molar-refractivity contribution is 5.48. The summed E-state index contributed by atoms with van der Waals surface area (Å²) in [5.74, 6) is 1.38. The SMILES string of the molecule is C=Cn1cc(C(C)C)cc1N=C. The third-order valence-electron chi connectivity index (χ3n) is 1.87. The van der Waals surface area contributed by atoms with E-state index in [9.17, 15) is 0 Å². The van der Waals surface area contributed by atoms with Gasteiger partial charge in [-0.15, -0.1) is 0 Å². The third-order valence-corrected chi connectivity index (χ3v) is 1.87. The Morgan fingerprint density at radius 3 is 2.58 bits per heavy atom. The van der Waals surface area contributed by atoms with E-state index in [1.165, 1.54) is 5.56 Å². The molecular weight excluding hydrogens is 148 g/mol. The lowest BCUT2D eigenvalue weighted by Gasteiger charge is -1.97. The van der Waals surface area contributed by atoms with Crippen molar-refractivity contribution >= 4 is 18.7 Å². The molecule has 0 saturated heterocycles. The van der Waals surface area contributed by atoms with Gasteiger partial charge in [0.1, 0.15) is 5.82 Å². The lowest BCUT2D eigenvalue weighted by Crippen LogP contribution is -1.83. The smallest absolute Gasteiger partial charge is 0.136 e. The summed E-state index contributed by atoms with van der Waals surface area (Å²) in [6.07, 6.45) is 3.76. The first kappa shape index (κ1) is 8.78. The Bertz CT molecular complexity index is 269. The first-order valence-corrected chi connectivity index (χ1v) is 4.00. The van der Waals surface area contributed by atoms with Gasteiger partial charge in [-0.3, -0.25) is 0 Å². The van der Waals surface area contributed by atoms with Gasteiger partial charge >= 0.3 is 0 Å². The van der Waals surface area contributed by atoms with Crippen LogP contribution in [0, 0.1) is 0 Å². The third kappa shape index (κ3) is 1.47. The van der Waals surface area contributed by atoms with Gasteiger partial charge in [-0.1, -0.05) is 20.4 Å². The molecule has 0 aromatic carbocycles. The average molecular weight is 162 g/mol. The van der Waals surface area contributed by atoms with E-state index in [4.69, 9.17) is 0 Å². The van der Waals surface area contributed by atoms with Gasteiger partial charge in [-0.05, 0) is 24.3 Å². The normalized spacial score (nSPS) is 10.2. The molecule has 0 spiro atoms. The first-order chi connectivity index (χ1) is 5.69. The molecule has 64 valence electrons. The van der Waals surface area contributed by atoms with Crippen molar-refractivity contribution in [3.63, 3.8) is 0 Å². The van der Waals surface area contributed by atoms with Crippen molar-refractivity contribution in [2.24, 2.45) is 4.99 Å². The molecule has 0 aliphatic carbocycles. The first-order valence-electron chi connectivity index (χ1n) is 4.00. The Morgan fingerprint density at radius 2 is 2.25 bits per heavy atom. The molecular formula is C10H14N2. The van der Waals surface area contributed by atoms with E-state index in [0.29, 0.717) is 5.92 Å². The zero-order valence-electron chi connectivity index (χ0n) is 7.62. The van der Waals surface area contributed by atoms with Gasteiger partial charge in [0.2, 0.25) is 0 Å². The van der Waals surface area contributed by atoms with Gasteiger partial charge in [0.25, 0.3) is 0 Å². The van der Waals surface area contributed by atoms with E-state index in [-0.39, 0.29) is 0 Å². The summed E-state index contributed by atoms with van der Waals surface area (Å²) in [5.41, 5.74) is 1.26. The van der Waals surface area contributed by atoms with E-state index in [1.54, 1.807) is 6.20 Å². The standard InChI is InChI=1S/C10H14N2/c1-5-12-7-9(8(2)3)6-10(12)11-4/h5-8H,1,4H2,2-3H3. The highest BCUT2D eigenvalue weighted by Crippen LogP contribution is 2.22. The van der Waals surface area contributed by atoms with Crippen molar-refractivity contribution in [2.75, 3.05) is 0 Å². The van der Waals surface area contributed by atoms with Crippen LogP contribution in [0.4, 0.5) is 5.82 Å². The van der Waals surface area contributed by atoms with Crippen molar-refractivity contribution in [3.8, 4) is 0 Å². The topological polar surface area (TPSA) is 17.3 Å². The summed E-state index contributed by atoms with van der Waals surface area (Å²) in [7, 11) is 0. The highest BCUT2D eigenvalue weighted by Gasteiger charge is 2.04. The molecule has 0 saturated carbocycles. The molecule has 1 rings (SSSR count). The molecule has 0 aliphatic heterocycles. The summed E-state index contributed by atoms with van der Waals surface area (Å²) in [6.45, 7) is 11.5. The van der Waals surface area contributed by atoms with Crippen LogP contribution in [0.25, 0.3) is 6.20 Å². The molecule has 0 fully saturated rings. The molecule has 0 amide bonds. The zero-order valence-corrected chi connectivity index (χ0v) is 7.62. The second-order valence-electron chi connectivity index (χ2n) is 3.03. The lowest BCUT2D eigenvalue weighted by molar-refractivity contribution is 0.866. The Balaban J connectivity index is 3.13. The second kappa shape index (κ2) is 3.39. The quantitative estimate of drug-likeness (QED) is 0.608. The van der Waals surface area contributed by atoms with Crippen molar-refractivity contribution in [1.29, 1.82) is 0 Å². The van der Waals surface area contributed by atoms with E-state index >= 15 is 0 Å². The molecule has 0 bridgehead atoms. The molecule has 2 heteroatoms. The predicted octanol–water partition coefficient (Wildman–Crippen LogP) is 3.04. The van der Waals surface area contributed by atoms with Gasteiger partial charge in [-0.25, -0.2) is 4.99 Å². The van der Waals surface area contributed by atoms with Gasteiger partial charge in [-0.2, -0.15) is 0 Å². The summed E-state index contributed by atoms with van der Waals surface area (Å²) in [4.78, 5) is 3.89. The van der Waals surface area contributed by atoms with E-state index in [1.807, 2.05) is 16.8 Å². The summed E-state index contributed by atoms with van der Waals surface area (Å²) in [5, 5.41) is 0. The average Bonchev–Trinajstić information content (AvgIpc) is 2.46. The summed E-state index contributed by atoms with van der Waals surface area (Å²) < 4.78 is 1.88. The van der Waals surface area contributed by atoms with Gasteiger partial charge in [0.05, 0.1) is 0 Å². The van der Waals surface area contributed by atoms with Crippen molar-refractivity contribution in [1.82, 2.24) is 4.57 Å². The van der Waals surface area contributed by atoms with Crippen LogP contribution in [0.3, 0.4) is 0 Å². The molecule has 0 radical (unpaired) electrons. The van der Waals surface area contributed by atoms with Crippen molar-refractivity contribution < 1.29 is 0 Å². The molecule has 0 unspecified atom stereocenters. The van der Waals surface area contributed by atoms with Crippen molar-refractivity contribution in [3.05, 3.63) is 24.4 Å². The van der Waals surface area contributed by atoms with Crippen LogP contribution in [0.15, 0.2) is 23.8 Å². The molecule has 2 nitrogen and oxygen atoms in total. The minimum atomic E-state index is 0.520. The molecule has 1 aromatic rings. The number of hydrogen-bond acceptors (Lipinski definition) is 1. The number of hydrogen-bond donors (Lipinski definition) is 0. The van der Waals surface area contributed by atoms with Crippen LogP contribution in [-0.4, -0.2) is 11.3 Å². The molecule has 0 aliphatic rings. The van der Waals surface area contributed by atoms with Crippen LogP contribution in [0.2, 0.25) is 0 Å². The molecule has 12 heavy (non-hydrogen) atoms. The number of rotatable bonds is 3. The minimum Gasteiger partial charge on any atom is -0.309 e. The van der Waals surface area contributed by atoms with Gasteiger partial charge in [0, 0.05) is 12.4 Å². The van der Waals surface area contributed by atoms with Crippen LogP contribution < -0.4 is 0 Å². The molecule has 1 heterocycles. The largest absolute Gasteiger partial charge is 0.309 e. The Hall–Kier alpha value is -1.31. The van der Waals surface area contributed by atoms with E-state index < -0.39 is 0 Å². The van der Waals surface area contributed by atoms with E-state index in [0.717, 1.165) is 5.82 Å².